The lowest BCUT2D eigenvalue weighted by atomic mass is 10.2. The van der Waals surface area contributed by atoms with Crippen molar-refractivity contribution in [3.63, 3.8) is 0 Å². The second-order valence-electron chi connectivity index (χ2n) is 5.06. The summed E-state index contributed by atoms with van der Waals surface area (Å²) in [6, 6.07) is 6.46. The first-order valence-corrected chi connectivity index (χ1v) is 6.84. The number of anilines is 1. The summed E-state index contributed by atoms with van der Waals surface area (Å²) in [5.41, 5.74) is 0.232. The number of aromatic nitrogens is 2. The number of nitrogens with zero attached hydrogens (tertiary/aromatic N) is 2. The maximum atomic E-state index is 14.1. The fourth-order valence-corrected chi connectivity index (χ4v) is 2.57. The summed E-state index contributed by atoms with van der Waals surface area (Å²) < 4.78 is 15.5. The van der Waals surface area contributed by atoms with Crippen LogP contribution in [-0.4, -0.2) is 15.6 Å². The highest BCUT2D eigenvalue weighted by Crippen LogP contribution is 2.23. The molecule has 5 heteroatoms. The van der Waals surface area contributed by atoms with Crippen LogP contribution in [0.15, 0.2) is 41.5 Å². The molecule has 0 bridgehead atoms. The second kappa shape index (κ2) is 5.45. The van der Waals surface area contributed by atoms with Gasteiger partial charge in [0.25, 0.3) is 5.56 Å². The molecular weight excluding hydrogens is 257 g/mol. The minimum absolute atomic E-state index is 0.204. The van der Waals surface area contributed by atoms with Crippen LogP contribution in [-0.2, 0) is 0 Å². The van der Waals surface area contributed by atoms with Crippen LogP contribution in [0.25, 0.3) is 5.69 Å². The normalized spacial score (nSPS) is 15.4. The Labute approximate surface area is 116 Å². The van der Waals surface area contributed by atoms with Crippen LogP contribution in [0.3, 0.4) is 0 Å². The molecule has 3 rings (SSSR count). The highest BCUT2D eigenvalue weighted by atomic mass is 19.1. The lowest BCUT2D eigenvalue weighted by molar-refractivity contribution is 0.615. The number of halogens is 1. The minimum atomic E-state index is -0.426. The standard InChI is InChI=1S/C15H16FN3O/c16-13-9-12(19-8-4-3-7-14(19)20)10-17-15(13)18-11-5-1-2-6-11/h3-4,7-11H,1-2,5-6H2,(H,17,18). The van der Waals surface area contributed by atoms with Gasteiger partial charge in [-0.15, -0.1) is 0 Å². The van der Waals surface area contributed by atoms with E-state index in [1.807, 2.05) is 0 Å². The van der Waals surface area contributed by atoms with Crippen molar-refractivity contribution in [3.8, 4) is 5.69 Å². The predicted octanol–water partition coefficient (Wildman–Crippen LogP) is 2.73. The number of pyridine rings is 2. The summed E-state index contributed by atoms with van der Waals surface area (Å²) in [7, 11) is 0. The summed E-state index contributed by atoms with van der Waals surface area (Å²) in [5, 5.41) is 3.13. The fraction of sp³-hybridized carbons (Fsp3) is 0.333. The Hall–Kier alpha value is -2.17. The molecule has 20 heavy (non-hydrogen) atoms. The third kappa shape index (κ3) is 2.57. The molecule has 0 radical (unpaired) electrons. The van der Waals surface area contributed by atoms with E-state index in [4.69, 9.17) is 0 Å². The highest BCUT2D eigenvalue weighted by Gasteiger charge is 2.17. The molecule has 0 aliphatic heterocycles. The van der Waals surface area contributed by atoms with E-state index in [2.05, 4.69) is 10.3 Å². The number of rotatable bonds is 3. The molecule has 2 aromatic heterocycles. The first-order valence-electron chi connectivity index (χ1n) is 6.84. The Morgan fingerprint density at radius 3 is 2.80 bits per heavy atom. The first-order chi connectivity index (χ1) is 9.74. The third-order valence-electron chi connectivity index (χ3n) is 3.62. The summed E-state index contributed by atoms with van der Waals surface area (Å²) in [5.74, 6) is -0.158. The summed E-state index contributed by atoms with van der Waals surface area (Å²) in [4.78, 5) is 15.8. The Morgan fingerprint density at radius 2 is 2.10 bits per heavy atom. The van der Waals surface area contributed by atoms with Crippen LogP contribution in [0.2, 0.25) is 0 Å². The zero-order valence-corrected chi connectivity index (χ0v) is 11.1. The Kier molecular flexibility index (Phi) is 3.50. The van der Waals surface area contributed by atoms with Gasteiger partial charge >= 0.3 is 0 Å². The lowest BCUT2D eigenvalue weighted by Crippen LogP contribution is -2.18. The topological polar surface area (TPSA) is 46.9 Å². The van der Waals surface area contributed by atoms with Gasteiger partial charge in [0, 0.05) is 24.4 Å². The van der Waals surface area contributed by atoms with Crippen LogP contribution < -0.4 is 10.9 Å². The van der Waals surface area contributed by atoms with Crippen LogP contribution in [0.4, 0.5) is 10.2 Å². The van der Waals surface area contributed by atoms with Crippen LogP contribution in [0, 0.1) is 5.82 Å². The average Bonchev–Trinajstić information content (AvgIpc) is 2.95. The van der Waals surface area contributed by atoms with Gasteiger partial charge in [-0.1, -0.05) is 18.9 Å². The molecular formula is C15H16FN3O. The van der Waals surface area contributed by atoms with Crippen molar-refractivity contribution >= 4 is 5.82 Å². The average molecular weight is 273 g/mol. The van der Waals surface area contributed by atoms with Gasteiger partial charge in [-0.05, 0) is 18.9 Å². The van der Waals surface area contributed by atoms with E-state index in [0.717, 1.165) is 12.8 Å². The van der Waals surface area contributed by atoms with E-state index in [1.165, 1.54) is 35.7 Å². The van der Waals surface area contributed by atoms with Crippen molar-refractivity contribution in [2.75, 3.05) is 5.32 Å². The van der Waals surface area contributed by atoms with Gasteiger partial charge in [0.1, 0.15) is 0 Å². The van der Waals surface area contributed by atoms with Crippen molar-refractivity contribution < 1.29 is 4.39 Å². The monoisotopic (exact) mass is 273 g/mol. The number of nitrogens with one attached hydrogen (secondary N) is 1. The molecule has 0 saturated heterocycles. The maximum absolute atomic E-state index is 14.1. The van der Waals surface area contributed by atoms with Crippen LogP contribution in [0.1, 0.15) is 25.7 Å². The Bertz CT molecular complexity index is 662. The quantitative estimate of drug-likeness (QED) is 0.935. The highest BCUT2D eigenvalue weighted by molar-refractivity contribution is 5.43. The molecule has 0 amide bonds. The zero-order chi connectivity index (χ0) is 13.9. The smallest absolute Gasteiger partial charge is 0.255 e. The predicted molar refractivity (Wildman–Crippen MR) is 75.7 cm³/mol. The van der Waals surface area contributed by atoms with Gasteiger partial charge < -0.3 is 5.32 Å². The van der Waals surface area contributed by atoms with E-state index >= 15 is 0 Å². The van der Waals surface area contributed by atoms with Gasteiger partial charge in [-0.3, -0.25) is 9.36 Å². The SMILES string of the molecule is O=c1ccccn1-c1cnc(NC2CCCC2)c(F)c1. The van der Waals surface area contributed by atoms with Crippen LogP contribution in [0.5, 0.6) is 0 Å². The van der Waals surface area contributed by atoms with Gasteiger partial charge in [0.05, 0.1) is 11.9 Å². The molecule has 104 valence electrons. The van der Waals surface area contributed by atoms with Crippen LogP contribution >= 0.6 is 0 Å². The Balaban J connectivity index is 1.87. The molecule has 1 saturated carbocycles. The van der Waals surface area contributed by atoms with E-state index in [0.29, 0.717) is 11.7 Å². The van der Waals surface area contributed by atoms with Crippen molar-refractivity contribution in [2.24, 2.45) is 0 Å². The second-order valence-corrected chi connectivity index (χ2v) is 5.06. The summed E-state index contributed by atoms with van der Waals surface area (Å²) in [6.07, 6.45) is 7.58. The van der Waals surface area contributed by atoms with Crippen molar-refractivity contribution in [1.82, 2.24) is 9.55 Å². The molecule has 4 nitrogen and oxygen atoms in total. The Morgan fingerprint density at radius 1 is 1.30 bits per heavy atom. The van der Waals surface area contributed by atoms with Gasteiger partial charge in [0.2, 0.25) is 0 Å². The molecule has 2 aromatic rings. The largest absolute Gasteiger partial charge is 0.365 e. The fourth-order valence-electron chi connectivity index (χ4n) is 2.57. The van der Waals surface area contributed by atoms with Crippen molar-refractivity contribution in [3.05, 3.63) is 52.8 Å². The number of hydrogen-bond acceptors (Lipinski definition) is 3. The summed E-state index contributed by atoms with van der Waals surface area (Å²) in [6.45, 7) is 0. The van der Waals surface area contributed by atoms with Gasteiger partial charge in [-0.25, -0.2) is 9.37 Å². The van der Waals surface area contributed by atoms with Gasteiger partial charge in [-0.2, -0.15) is 0 Å². The van der Waals surface area contributed by atoms with Crippen molar-refractivity contribution in [1.29, 1.82) is 0 Å². The molecule has 2 heterocycles. The van der Waals surface area contributed by atoms with E-state index in [-0.39, 0.29) is 11.4 Å². The minimum Gasteiger partial charge on any atom is -0.365 e. The van der Waals surface area contributed by atoms with E-state index in [1.54, 1.807) is 18.3 Å². The van der Waals surface area contributed by atoms with E-state index < -0.39 is 5.82 Å². The molecule has 0 unspecified atom stereocenters. The molecule has 1 aliphatic rings. The molecule has 0 spiro atoms. The number of hydrogen-bond donors (Lipinski definition) is 1. The molecule has 1 N–H and O–H groups in total. The molecule has 0 aromatic carbocycles. The van der Waals surface area contributed by atoms with E-state index in [9.17, 15) is 9.18 Å². The zero-order valence-electron chi connectivity index (χ0n) is 11.1. The first kappa shape index (κ1) is 12.8. The molecule has 1 fully saturated rings. The lowest BCUT2D eigenvalue weighted by Gasteiger charge is -2.14. The van der Waals surface area contributed by atoms with Gasteiger partial charge in [0.15, 0.2) is 11.6 Å². The molecule has 1 aliphatic carbocycles. The third-order valence-corrected chi connectivity index (χ3v) is 3.62. The van der Waals surface area contributed by atoms with Crippen molar-refractivity contribution in [2.45, 2.75) is 31.7 Å². The molecule has 0 atom stereocenters. The maximum Gasteiger partial charge on any atom is 0.255 e. The summed E-state index contributed by atoms with van der Waals surface area (Å²) >= 11 is 0.